The minimum absolute atomic E-state index is 0.0927. The summed E-state index contributed by atoms with van der Waals surface area (Å²) in [7, 11) is 0. The molecule has 1 amide bonds. The van der Waals surface area contributed by atoms with Gasteiger partial charge in [0.05, 0.1) is 11.7 Å². The van der Waals surface area contributed by atoms with Crippen LogP contribution in [0.2, 0.25) is 0 Å². The minimum Gasteiger partial charge on any atom is -0.376 e. The van der Waals surface area contributed by atoms with Crippen LogP contribution in [0.5, 0.6) is 0 Å². The Morgan fingerprint density at radius 2 is 2.37 bits per heavy atom. The van der Waals surface area contributed by atoms with E-state index in [0.717, 1.165) is 19.4 Å². The molecule has 3 nitrogen and oxygen atoms in total. The molecule has 1 aliphatic rings. The summed E-state index contributed by atoms with van der Waals surface area (Å²) in [5, 5.41) is 0. The number of benzene rings is 1. The maximum Gasteiger partial charge on any atom is 0.255 e. The fourth-order valence-corrected chi connectivity index (χ4v) is 2.74. The average molecular weight is 330 g/mol. The normalized spacial score (nSPS) is 18.6. The number of amides is 1. The van der Waals surface area contributed by atoms with Crippen LogP contribution in [0.25, 0.3) is 0 Å². The van der Waals surface area contributed by atoms with Crippen LogP contribution in [0.15, 0.2) is 22.7 Å². The number of hydrogen-bond donors (Lipinski definition) is 0. The molecule has 0 aromatic heterocycles. The van der Waals surface area contributed by atoms with Crippen molar-refractivity contribution in [3.05, 3.63) is 34.1 Å². The van der Waals surface area contributed by atoms with Crippen LogP contribution >= 0.6 is 15.9 Å². The third kappa shape index (κ3) is 3.54. The molecule has 0 bridgehead atoms. The molecule has 1 saturated heterocycles. The highest BCUT2D eigenvalue weighted by Crippen LogP contribution is 2.21. The van der Waals surface area contributed by atoms with Crippen molar-refractivity contribution in [3.8, 4) is 0 Å². The van der Waals surface area contributed by atoms with Crippen LogP contribution in [0.4, 0.5) is 4.39 Å². The number of nitrogens with zero attached hydrogens (tertiary/aromatic N) is 1. The Morgan fingerprint density at radius 1 is 1.58 bits per heavy atom. The number of ether oxygens (including phenoxy) is 1. The molecule has 0 saturated carbocycles. The summed E-state index contributed by atoms with van der Waals surface area (Å²) in [4.78, 5) is 14.2. The molecule has 1 aromatic carbocycles. The van der Waals surface area contributed by atoms with Gasteiger partial charge in [0.1, 0.15) is 5.82 Å². The van der Waals surface area contributed by atoms with Gasteiger partial charge < -0.3 is 9.64 Å². The van der Waals surface area contributed by atoms with E-state index in [2.05, 4.69) is 15.9 Å². The zero-order valence-electron chi connectivity index (χ0n) is 10.9. The van der Waals surface area contributed by atoms with Crippen LogP contribution < -0.4 is 0 Å². The molecule has 1 atom stereocenters. The van der Waals surface area contributed by atoms with Crippen LogP contribution in [-0.4, -0.2) is 36.6 Å². The van der Waals surface area contributed by atoms with E-state index in [-0.39, 0.29) is 17.8 Å². The monoisotopic (exact) mass is 329 g/mol. The van der Waals surface area contributed by atoms with Crippen molar-refractivity contribution in [2.24, 2.45) is 0 Å². The highest BCUT2D eigenvalue weighted by molar-refractivity contribution is 9.10. The van der Waals surface area contributed by atoms with Crippen molar-refractivity contribution >= 4 is 21.8 Å². The first-order chi connectivity index (χ1) is 9.11. The Labute approximate surface area is 120 Å². The average Bonchev–Trinajstić information content (AvgIpc) is 2.88. The number of hydrogen-bond acceptors (Lipinski definition) is 2. The summed E-state index contributed by atoms with van der Waals surface area (Å²) in [5.74, 6) is -0.449. The van der Waals surface area contributed by atoms with Gasteiger partial charge in [-0.2, -0.15) is 0 Å². The Bertz CT molecular complexity index is 461. The lowest BCUT2D eigenvalue weighted by molar-refractivity contribution is 0.0538. The number of likely N-dealkylation sites (N-methyl/N-ethyl adjacent to an activating group) is 1. The van der Waals surface area contributed by atoms with Crippen molar-refractivity contribution in [2.75, 3.05) is 19.7 Å². The summed E-state index contributed by atoms with van der Waals surface area (Å²) in [6.45, 7) is 3.92. The van der Waals surface area contributed by atoms with E-state index in [1.165, 1.54) is 18.2 Å². The number of halogens is 2. The van der Waals surface area contributed by atoms with Crippen LogP contribution in [0.1, 0.15) is 30.1 Å². The first-order valence-corrected chi connectivity index (χ1v) is 7.27. The lowest BCUT2D eigenvalue weighted by atomic mass is 10.1. The zero-order valence-corrected chi connectivity index (χ0v) is 12.5. The third-order valence-electron chi connectivity index (χ3n) is 3.28. The summed E-state index contributed by atoms with van der Waals surface area (Å²) in [5.41, 5.74) is 0.487. The van der Waals surface area contributed by atoms with Crippen molar-refractivity contribution in [2.45, 2.75) is 25.9 Å². The van der Waals surface area contributed by atoms with Gasteiger partial charge in [0.25, 0.3) is 5.91 Å². The smallest absolute Gasteiger partial charge is 0.255 e. The van der Waals surface area contributed by atoms with Gasteiger partial charge in [0.2, 0.25) is 0 Å². The zero-order chi connectivity index (χ0) is 13.8. The highest BCUT2D eigenvalue weighted by atomic mass is 79.9. The molecular formula is C14H17BrFNO2. The highest BCUT2D eigenvalue weighted by Gasteiger charge is 2.23. The predicted molar refractivity (Wildman–Crippen MR) is 74.7 cm³/mol. The first kappa shape index (κ1) is 14.5. The van der Waals surface area contributed by atoms with Crippen LogP contribution in [-0.2, 0) is 4.74 Å². The first-order valence-electron chi connectivity index (χ1n) is 6.47. The second-order valence-electron chi connectivity index (χ2n) is 4.60. The third-order valence-corrected chi connectivity index (χ3v) is 3.93. The molecule has 104 valence electrons. The van der Waals surface area contributed by atoms with Crippen molar-refractivity contribution in [3.63, 3.8) is 0 Å². The molecule has 1 aromatic rings. The Kier molecular flexibility index (Phi) is 4.93. The van der Waals surface area contributed by atoms with E-state index in [1.807, 2.05) is 6.92 Å². The summed E-state index contributed by atoms with van der Waals surface area (Å²) in [6, 6.07) is 4.13. The molecule has 5 heteroatoms. The minimum atomic E-state index is -0.356. The summed E-state index contributed by atoms with van der Waals surface area (Å²) in [6.07, 6.45) is 2.17. The molecule has 1 unspecified atom stereocenters. The summed E-state index contributed by atoms with van der Waals surface area (Å²) < 4.78 is 19.1. The van der Waals surface area contributed by atoms with Crippen molar-refractivity contribution in [1.29, 1.82) is 0 Å². The van der Waals surface area contributed by atoms with Crippen LogP contribution in [0, 0.1) is 5.82 Å². The summed E-state index contributed by atoms with van der Waals surface area (Å²) >= 11 is 3.24. The standard InChI is InChI=1S/C14H17BrFNO2/c1-2-17(9-11-4-3-7-19-11)14(18)12-6-5-10(16)8-13(12)15/h5-6,8,11H,2-4,7,9H2,1H3. The molecule has 2 rings (SSSR count). The molecule has 1 fully saturated rings. The van der Waals surface area contributed by atoms with E-state index in [1.54, 1.807) is 4.90 Å². The molecular weight excluding hydrogens is 313 g/mol. The van der Waals surface area contributed by atoms with Gasteiger partial charge in [0, 0.05) is 24.2 Å². The molecule has 0 spiro atoms. The van der Waals surface area contributed by atoms with E-state index < -0.39 is 0 Å². The molecule has 19 heavy (non-hydrogen) atoms. The van der Waals surface area contributed by atoms with Gasteiger partial charge in [-0.3, -0.25) is 4.79 Å². The molecule has 1 aliphatic heterocycles. The largest absolute Gasteiger partial charge is 0.376 e. The van der Waals surface area contributed by atoms with Gasteiger partial charge in [-0.15, -0.1) is 0 Å². The van der Waals surface area contributed by atoms with Gasteiger partial charge in [-0.25, -0.2) is 4.39 Å². The van der Waals surface area contributed by atoms with Gasteiger partial charge in [0.15, 0.2) is 0 Å². The SMILES string of the molecule is CCN(CC1CCCO1)C(=O)c1ccc(F)cc1Br. The molecule has 1 heterocycles. The lowest BCUT2D eigenvalue weighted by Gasteiger charge is -2.24. The van der Waals surface area contributed by atoms with Gasteiger partial charge in [-0.05, 0) is 53.9 Å². The van der Waals surface area contributed by atoms with Crippen LogP contribution in [0.3, 0.4) is 0 Å². The fourth-order valence-electron chi connectivity index (χ4n) is 2.22. The Hall–Kier alpha value is -0.940. The van der Waals surface area contributed by atoms with Gasteiger partial charge in [-0.1, -0.05) is 0 Å². The number of carbonyl (C=O) groups is 1. The molecule has 0 aliphatic carbocycles. The molecule has 0 N–H and O–H groups in total. The Morgan fingerprint density at radius 3 is 2.95 bits per heavy atom. The van der Waals surface area contributed by atoms with Gasteiger partial charge >= 0.3 is 0 Å². The molecule has 0 radical (unpaired) electrons. The number of carbonyl (C=O) groups excluding carboxylic acids is 1. The fraction of sp³-hybridized carbons (Fsp3) is 0.500. The topological polar surface area (TPSA) is 29.5 Å². The van der Waals surface area contributed by atoms with E-state index in [0.29, 0.717) is 23.1 Å². The second kappa shape index (κ2) is 6.48. The van der Waals surface area contributed by atoms with E-state index >= 15 is 0 Å². The van der Waals surface area contributed by atoms with Crippen molar-refractivity contribution in [1.82, 2.24) is 4.90 Å². The Balaban J connectivity index is 2.10. The maximum atomic E-state index is 13.0. The maximum absolute atomic E-state index is 13.0. The quantitative estimate of drug-likeness (QED) is 0.848. The van der Waals surface area contributed by atoms with Crippen molar-refractivity contribution < 1.29 is 13.9 Å². The van der Waals surface area contributed by atoms with E-state index in [4.69, 9.17) is 4.74 Å². The second-order valence-corrected chi connectivity index (χ2v) is 5.46. The number of rotatable bonds is 4. The van der Waals surface area contributed by atoms with E-state index in [9.17, 15) is 9.18 Å². The predicted octanol–water partition coefficient (Wildman–Crippen LogP) is 3.23. The lowest BCUT2D eigenvalue weighted by Crippen LogP contribution is -2.37.